The van der Waals surface area contributed by atoms with E-state index >= 15 is 0 Å². The van der Waals surface area contributed by atoms with Crippen LogP contribution in [-0.2, 0) is 14.9 Å². The maximum Gasteiger partial charge on any atom is 0.422 e. The van der Waals surface area contributed by atoms with Crippen LogP contribution in [0.2, 0.25) is 10.0 Å². The molecule has 0 atom stereocenters. The molecule has 0 unspecified atom stereocenters. The Balaban J connectivity index is 2.55. The molecular formula is C15H15Cl2F5N6O4S2. The summed E-state index contributed by atoms with van der Waals surface area (Å²) in [6, 6.07) is 1.22. The van der Waals surface area contributed by atoms with Crippen LogP contribution >= 0.6 is 33.4 Å². The predicted molar refractivity (Wildman–Crippen MR) is 116 cm³/mol. The van der Waals surface area contributed by atoms with Gasteiger partial charge in [-0.25, -0.2) is 14.2 Å². The van der Waals surface area contributed by atoms with E-state index in [0.717, 1.165) is 0 Å². The molecule has 1 amide bonds. The zero-order valence-corrected chi connectivity index (χ0v) is 20.3. The summed E-state index contributed by atoms with van der Waals surface area (Å²) in [6.45, 7) is 4.37. The molecule has 0 saturated heterocycles. The Morgan fingerprint density at radius 3 is 2.12 bits per heavy atom. The fraction of sp³-hybridized carbons (Fsp3) is 0.267. The number of nitrogens with two attached hydrogens (primary N) is 1. The highest BCUT2D eigenvalue weighted by Gasteiger charge is 2.65. The SMILES string of the molecule is CC(C)(C)OC(=O)NS(=O)(=O)Nc1c(C#N)nn(-c2c(Cl)cc(S(F)(F)(F)(F)F)cc2Cl)c1N. The average Bonchev–Trinajstić information content (AvgIpc) is 2.85. The number of nitrogen functional groups attached to an aromatic ring is 1. The number of halogens is 7. The van der Waals surface area contributed by atoms with E-state index in [1.54, 1.807) is 4.72 Å². The number of nitrogens with zero attached hydrogens (tertiary/aromatic N) is 3. The normalized spacial score (nSPS) is 14.5. The highest BCUT2D eigenvalue weighted by atomic mass is 35.5. The molecule has 4 N–H and O–H groups in total. The number of carbonyl (C=O) groups is 1. The number of carbonyl (C=O) groups excluding carboxylic acids is 1. The van der Waals surface area contributed by atoms with Crippen molar-refractivity contribution in [2.45, 2.75) is 31.3 Å². The number of ether oxygens (including phenoxy) is 1. The van der Waals surface area contributed by atoms with Gasteiger partial charge in [-0.15, -0.1) is 0 Å². The summed E-state index contributed by atoms with van der Waals surface area (Å²) in [6.07, 6.45) is -1.39. The zero-order valence-electron chi connectivity index (χ0n) is 17.2. The van der Waals surface area contributed by atoms with E-state index in [-0.39, 0.29) is 12.1 Å². The van der Waals surface area contributed by atoms with E-state index in [1.165, 1.54) is 31.6 Å². The zero-order chi connectivity index (χ0) is 26.6. The number of hydrogen-bond acceptors (Lipinski definition) is 7. The lowest BCUT2D eigenvalue weighted by Crippen LogP contribution is -2.39. The van der Waals surface area contributed by atoms with Gasteiger partial charge < -0.3 is 10.5 Å². The van der Waals surface area contributed by atoms with Crippen LogP contribution in [0.5, 0.6) is 0 Å². The minimum absolute atomic E-state index is 0.120. The Kier molecular flexibility index (Phi) is 6.21. The second kappa shape index (κ2) is 7.66. The lowest BCUT2D eigenvalue weighted by atomic mass is 10.2. The van der Waals surface area contributed by atoms with Crippen LogP contribution in [0.25, 0.3) is 5.69 Å². The van der Waals surface area contributed by atoms with Gasteiger partial charge in [0.05, 0.1) is 10.0 Å². The van der Waals surface area contributed by atoms with Crippen molar-refractivity contribution in [1.29, 1.82) is 5.26 Å². The average molecular weight is 573 g/mol. The van der Waals surface area contributed by atoms with Crippen molar-refractivity contribution >= 4 is 61.2 Å². The molecule has 0 aliphatic heterocycles. The summed E-state index contributed by atoms with van der Waals surface area (Å²) in [5.41, 5.74) is 2.60. The third kappa shape index (κ3) is 6.46. The van der Waals surface area contributed by atoms with Crippen molar-refractivity contribution in [3.05, 3.63) is 27.9 Å². The summed E-state index contributed by atoms with van der Waals surface area (Å²) in [4.78, 5) is 9.33. The molecule has 0 aliphatic rings. The molecule has 190 valence electrons. The monoisotopic (exact) mass is 572 g/mol. The molecule has 2 aromatic rings. The Morgan fingerprint density at radius 1 is 1.21 bits per heavy atom. The summed E-state index contributed by atoms with van der Waals surface area (Å²) >= 11 is 11.5. The fourth-order valence-electron chi connectivity index (χ4n) is 2.32. The number of anilines is 2. The van der Waals surface area contributed by atoms with Gasteiger partial charge in [0.2, 0.25) is 0 Å². The first kappa shape index (κ1) is 27.6. The van der Waals surface area contributed by atoms with Crippen LogP contribution in [-0.4, -0.2) is 29.9 Å². The number of nitrogens with one attached hydrogen (secondary N) is 2. The Morgan fingerprint density at radius 2 is 1.71 bits per heavy atom. The van der Waals surface area contributed by atoms with Gasteiger partial charge in [0.15, 0.2) is 11.5 Å². The molecule has 0 bridgehead atoms. The Hall–Kier alpha value is -2.68. The second-order valence-electron chi connectivity index (χ2n) is 7.55. The molecule has 0 fully saturated rings. The molecule has 1 aromatic carbocycles. The van der Waals surface area contributed by atoms with Gasteiger partial charge in [-0.1, -0.05) is 42.6 Å². The topological polar surface area (TPSA) is 152 Å². The molecule has 0 radical (unpaired) electrons. The van der Waals surface area contributed by atoms with Gasteiger partial charge in [-0.05, 0) is 32.9 Å². The molecule has 34 heavy (non-hydrogen) atoms. The highest BCUT2D eigenvalue weighted by molar-refractivity contribution is 8.45. The van der Waals surface area contributed by atoms with Crippen LogP contribution in [0.1, 0.15) is 26.5 Å². The summed E-state index contributed by atoms with van der Waals surface area (Å²) in [5.74, 6) is -0.727. The van der Waals surface area contributed by atoms with E-state index in [9.17, 15) is 37.9 Å². The first-order chi connectivity index (χ1) is 14.9. The van der Waals surface area contributed by atoms with Crippen LogP contribution in [0.3, 0.4) is 0 Å². The molecule has 2 rings (SSSR count). The number of amides is 1. The van der Waals surface area contributed by atoms with E-state index in [4.69, 9.17) is 33.7 Å². The third-order valence-electron chi connectivity index (χ3n) is 3.53. The first-order valence-corrected chi connectivity index (χ1v) is 12.7. The van der Waals surface area contributed by atoms with Crippen molar-refractivity contribution in [2.24, 2.45) is 0 Å². The quantitative estimate of drug-likeness (QED) is 0.401. The van der Waals surface area contributed by atoms with Gasteiger partial charge in [0.1, 0.15) is 27.9 Å². The lowest BCUT2D eigenvalue weighted by molar-refractivity contribution is 0.0570. The van der Waals surface area contributed by atoms with Gasteiger partial charge in [-0.3, -0.25) is 4.72 Å². The second-order valence-corrected chi connectivity index (χ2v) is 12.2. The van der Waals surface area contributed by atoms with Crippen molar-refractivity contribution in [2.75, 3.05) is 10.5 Å². The minimum atomic E-state index is -10.2. The number of hydrogen-bond donors (Lipinski definition) is 3. The van der Waals surface area contributed by atoms with Gasteiger partial charge >= 0.3 is 26.5 Å². The number of rotatable bonds is 5. The van der Waals surface area contributed by atoms with E-state index in [2.05, 4.69) is 5.10 Å². The molecule has 0 aliphatic carbocycles. The van der Waals surface area contributed by atoms with Crippen molar-refractivity contribution in [1.82, 2.24) is 14.5 Å². The standard InChI is InChI=1S/C15H15Cl2F5N6O4S2/c1-15(2,3)32-14(29)27-33(30,31)26-11-10(6-23)25-28(13(11)24)12-8(16)4-7(5-9(12)17)34(18,19,20,21)22/h4-5,26H,24H2,1-3H3,(H,27,29). The van der Waals surface area contributed by atoms with Crippen molar-refractivity contribution in [3.8, 4) is 11.8 Å². The molecular weight excluding hydrogens is 558 g/mol. The highest BCUT2D eigenvalue weighted by Crippen LogP contribution is 3.02. The molecule has 0 saturated carbocycles. The lowest BCUT2D eigenvalue weighted by Gasteiger charge is -2.40. The maximum atomic E-state index is 13.1. The van der Waals surface area contributed by atoms with Crippen LogP contribution < -0.4 is 15.2 Å². The fourth-order valence-corrected chi connectivity index (χ4v) is 4.56. The summed E-state index contributed by atoms with van der Waals surface area (Å²) in [7, 11) is -14.9. The van der Waals surface area contributed by atoms with E-state index < -0.39 is 70.0 Å². The van der Waals surface area contributed by atoms with Crippen molar-refractivity contribution in [3.63, 3.8) is 0 Å². The molecule has 19 heteroatoms. The van der Waals surface area contributed by atoms with Gasteiger partial charge in [-0.2, -0.15) is 18.8 Å². The van der Waals surface area contributed by atoms with Gasteiger partial charge in [0, 0.05) is 0 Å². The predicted octanol–water partition coefficient (Wildman–Crippen LogP) is 5.47. The van der Waals surface area contributed by atoms with Crippen LogP contribution in [0.15, 0.2) is 17.0 Å². The van der Waals surface area contributed by atoms with E-state index in [0.29, 0.717) is 4.68 Å². The third-order valence-corrected chi connectivity index (χ3v) is 6.14. The van der Waals surface area contributed by atoms with Crippen LogP contribution in [0, 0.1) is 11.3 Å². The maximum absolute atomic E-state index is 13.1. The number of nitriles is 1. The molecule has 0 spiro atoms. The molecule has 1 aromatic heterocycles. The minimum Gasteiger partial charge on any atom is -0.443 e. The number of benzene rings is 1. The molecule has 1 heterocycles. The largest absolute Gasteiger partial charge is 0.443 e. The van der Waals surface area contributed by atoms with E-state index in [1.807, 2.05) is 0 Å². The number of aromatic nitrogens is 2. The first-order valence-electron chi connectivity index (χ1n) is 8.50. The van der Waals surface area contributed by atoms with Crippen LogP contribution in [0.4, 0.5) is 35.7 Å². The van der Waals surface area contributed by atoms with Gasteiger partial charge in [0.25, 0.3) is 0 Å². The Bertz CT molecular complexity index is 1310. The molecule has 10 nitrogen and oxygen atoms in total. The smallest absolute Gasteiger partial charge is 0.422 e. The summed E-state index contributed by atoms with van der Waals surface area (Å²) < 4.78 is 98.5. The van der Waals surface area contributed by atoms with Crippen molar-refractivity contribution < 1.29 is 37.4 Å². The summed E-state index contributed by atoms with van der Waals surface area (Å²) in [5, 5.41) is 10.9. The Labute approximate surface area is 199 Å².